The van der Waals surface area contributed by atoms with Gasteiger partial charge < -0.3 is 10.1 Å². The molecule has 0 spiro atoms. The number of amides is 1. The van der Waals surface area contributed by atoms with E-state index in [1.54, 1.807) is 18.4 Å². The zero-order valence-corrected chi connectivity index (χ0v) is 14.8. The lowest BCUT2D eigenvalue weighted by atomic mass is 10.1. The van der Waals surface area contributed by atoms with Gasteiger partial charge in [-0.25, -0.2) is 0 Å². The van der Waals surface area contributed by atoms with E-state index in [1.807, 2.05) is 24.3 Å². The van der Waals surface area contributed by atoms with Crippen LogP contribution in [0.1, 0.15) is 29.3 Å². The third-order valence-corrected chi connectivity index (χ3v) is 5.46. The number of thiophene rings is 1. The first-order valence-corrected chi connectivity index (χ1v) is 9.32. The van der Waals surface area contributed by atoms with Crippen LogP contribution in [-0.2, 0) is 11.2 Å². The van der Waals surface area contributed by atoms with Crippen LogP contribution in [0.3, 0.4) is 0 Å². The van der Waals surface area contributed by atoms with E-state index < -0.39 is 0 Å². The van der Waals surface area contributed by atoms with Crippen LogP contribution in [0.5, 0.6) is 5.75 Å². The van der Waals surface area contributed by atoms with Gasteiger partial charge in [-0.1, -0.05) is 24.3 Å². The minimum absolute atomic E-state index is 0.105. The Bertz CT molecular complexity index is 657. The summed E-state index contributed by atoms with van der Waals surface area (Å²) < 4.78 is 5.35. The monoisotopic (exact) mass is 344 g/mol. The molecule has 0 bridgehead atoms. The average Bonchev–Trinajstić information content (AvgIpc) is 3.26. The molecule has 1 aliphatic heterocycles. The Kier molecular flexibility index (Phi) is 5.88. The number of hydrogen-bond acceptors (Lipinski definition) is 4. The molecule has 1 aliphatic rings. The summed E-state index contributed by atoms with van der Waals surface area (Å²) in [6.45, 7) is 2.12. The molecular formula is C19H24N2O2S. The van der Waals surface area contributed by atoms with Crippen LogP contribution < -0.4 is 10.1 Å². The first-order valence-electron chi connectivity index (χ1n) is 8.44. The van der Waals surface area contributed by atoms with E-state index in [4.69, 9.17) is 4.74 Å². The van der Waals surface area contributed by atoms with Crippen molar-refractivity contribution in [2.24, 2.45) is 0 Å². The SMILES string of the molecule is COc1ccccc1CCNC(=O)CN1CCCC1c1cccs1. The van der Waals surface area contributed by atoms with E-state index in [2.05, 4.69) is 27.7 Å². The molecule has 1 aromatic carbocycles. The molecule has 24 heavy (non-hydrogen) atoms. The van der Waals surface area contributed by atoms with Gasteiger partial charge >= 0.3 is 0 Å². The normalized spacial score (nSPS) is 17.8. The van der Waals surface area contributed by atoms with Gasteiger partial charge in [0.1, 0.15) is 5.75 Å². The van der Waals surface area contributed by atoms with Gasteiger partial charge in [0.15, 0.2) is 0 Å². The van der Waals surface area contributed by atoms with Crippen LogP contribution in [0.25, 0.3) is 0 Å². The van der Waals surface area contributed by atoms with Gasteiger partial charge in [0.25, 0.3) is 0 Å². The number of carbonyl (C=O) groups is 1. The number of nitrogens with one attached hydrogen (secondary N) is 1. The Balaban J connectivity index is 1.47. The van der Waals surface area contributed by atoms with Crippen molar-refractivity contribution < 1.29 is 9.53 Å². The van der Waals surface area contributed by atoms with Gasteiger partial charge in [0, 0.05) is 17.5 Å². The third kappa shape index (κ3) is 4.16. The summed E-state index contributed by atoms with van der Waals surface area (Å²) in [6.07, 6.45) is 3.09. The van der Waals surface area contributed by atoms with E-state index in [-0.39, 0.29) is 5.91 Å². The smallest absolute Gasteiger partial charge is 0.234 e. The molecule has 1 atom stereocenters. The molecule has 1 amide bonds. The predicted molar refractivity (Wildman–Crippen MR) is 97.6 cm³/mol. The number of methoxy groups -OCH3 is 1. The van der Waals surface area contributed by atoms with Crippen molar-refractivity contribution in [3.8, 4) is 5.75 Å². The van der Waals surface area contributed by atoms with E-state index in [9.17, 15) is 4.79 Å². The molecule has 128 valence electrons. The van der Waals surface area contributed by atoms with Crippen molar-refractivity contribution in [2.45, 2.75) is 25.3 Å². The van der Waals surface area contributed by atoms with Gasteiger partial charge in [-0.15, -0.1) is 11.3 Å². The van der Waals surface area contributed by atoms with Crippen molar-refractivity contribution in [1.29, 1.82) is 0 Å². The number of para-hydroxylation sites is 1. The van der Waals surface area contributed by atoms with Gasteiger partial charge in [-0.2, -0.15) is 0 Å². The van der Waals surface area contributed by atoms with E-state index >= 15 is 0 Å². The zero-order valence-electron chi connectivity index (χ0n) is 14.0. The highest BCUT2D eigenvalue weighted by atomic mass is 32.1. The molecule has 0 radical (unpaired) electrons. The van der Waals surface area contributed by atoms with Crippen LogP contribution in [0.15, 0.2) is 41.8 Å². The minimum atomic E-state index is 0.105. The maximum Gasteiger partial charge on any atom is 0.234 e. The lowest BCUT2D eigenvalue weighted by molar-refractivity contribution is -0.122. The highest BCUT2D eigenvalue weighted by molar-refractivity contribution is 7.10. The number of hydrogen-bond donors (Lipinski definition) is 1. The summed E-state index contributed by atoms with van der Waals surface area (Å²) >= 11 is 1.78. The van der Waals surface area contributed by atoms with Crippen LogP contribution in [0.2, 0.25) is 0 Å². The van der Waals surface area contributed by atoms with E-state index in [0.717, 1.165) is 37.1 Å². The molecule has 2 heterocycles. The highest BCUT2D eigenvalue weighted by Crippen LogP contribution is 2.33. The van der Waals surface area contributed by atoms with Gasteiger partial charge in [0.05, 0.1) is 13.7 Å². The summed E-state index contributed by atoms with van der Waals surface area (Å²) in [5.41, 5.74) is 1.12. The Labute approximate surface area is 147 Å². The minimum Gasteiger partial charge on any atom is -0.496 e. The van der Waals surface area contributed by atoms with Gasteiger partial charge in [-0.05, 0) is 48.9 Å². The second kappa shape index (κ2) is 8.31. The number of rotatable bonds is 7. The van der Waals surface area contributed by atoms with Crippen LogP contribution >= 0.6 is 11.3 Å². The Hall–Kier alpha value is -1.85. The zero-order chi connectivity index (χ0) is 16.8. The third-order valence-electron chi connectivity index (χ3n) is 4.49. The van der Waals surface area contributed by atoms with Crippen LogP contribution in [-0.4, -0.2) is 37.6 Å². The van der Waals surface area contributed by atoms with Gasteiger partial charge in [0.2, 0.25) is 5.91 Å². The van der Waals surface area contributed by atoms with Crippen molar-refractivity contribution in [1.82, 2.24) is 10.2 Å². The van der Waals surface area contributed by atoms with E-state index in [1.165, 1.54) is 4.88 Å². The molecule has 5 heteroatoms. The molecule has 4 nitrogen and oxygen atoms in total. The number of carbonyl (C=O) groups excluding carboxylic acids is 1. The first-order chi connectivity index (χ1) is 11.8. The average molecular weight is 344 g/mol. The molecular weight excluding hydrogens is 320 g/mol. The molecule has 2 aromatic rings. The molecule has 1 N–H and O–H groups in total. The second-order valence-corrected chi connectivity index (χ2v) is 7.03. The van der Waals surface area contributed by atoms with E-state index in [0.29, 0.717) is 19.1 Å². The maximum atomic E-state index is 12.3. The van der Waals surface area contributed by atoms with Crippen LogP contribution in [0.4, 0.5) is 0 Å². The molecule has 1 aromatic heterocycles. The van der Waals surface area contributed by atoms with Crippen molar-refractivity contribution >= 4 is 17.2 Å². The topological polar surface area (TPSA) is 41.6 Å². The molecule has 3 rings (SSSR count). The second-order valence-electron chi connectivity index (χ2n) is 6.06. The summed E-state index contributed by atoms with van der Waals surface area (Å²) in [5.74, 6) is 0.984. The fraction of sp³-hybridized carbons (Fsp3) is 0.421. The molecule has 1 saturated heterocycles. The number of nitrogens with zero attached hydrogens (tertiary/aromatic N) is 1. The van der Waals surface area contributed by atoms with Crippen LogP contribution in [0, 0.1) is 0 Å². The summed E-state index contributed by atoms with van der Waals surface area (Å²) in [6, 6.07) is 12.6. The molecule has 1 fully saturated rings. The number of ether oxygens (including phenoxy) is 1. The summed E-state index contributed by atoms with van der Waals surface area (Å²) in [4.78, 5) is 15.9. The lowest BCUT2D eigenvalue weighted by Crippen LogP contribution is -2.37. The Morgan fingerprint density at radius 3 is 3.00 bits per heavy atom. The molecule has 1 unspecified atom stereocenters. The van der Waals surface area contributed by atoms with Crippen molar-refractivity contribution in [2.75, 3.05) is 26.7 Å². The lowest BCUT2D eigenvalue weighted by Gasteiger charge is -2.22. The highest BCUT2D eigenvalue weighted by Gasteiger charge is 2.27. The fourth-order valence-electron chi connectivity index (χ4n) is 3.30. The Morgan fingerprint density at radius 1 is 1.33 bits per heavy atom. The molecule has 0 aliphatic carbocycles. The largest absolute Gasteiger partial charge is 0.496 e. The maximum absolute atomic E-state index is 12.3. The first kappa shape index (κ1) is 17.0. The van der Waals surface area contributed by atoms with Crippen molar-refractivity contribution in [3.05, 3.63) is 52.2 Å². The predicted octanol–water partition coefficient (Wildman–Crippen LogP) is 3.25. The number of benzene rings is 1. The fourth-order valence-corrected chi connectivity index (χ4v) is 4.20. The van der Waals surface area contributed by atoms with Gasteiger partial charge in [-0.3, -0.25) is 9.69 Å². The number of likely N-dealkylation sites (tertiary alicyclic amines) is 1. The molecule has 0 saturated carbocycles. The Morgan fingerprint density at radius 2 is 2.21 bits per heavy atom. The standard InChI is InChI=1S/C19H24N2O2S/c1-23-17-8-3-2-6-15(17)10-11-20-19(22)14-21-12-4-7-16(21)18-9-5-13-24-18/h2-3,5-6,8-9,13,16H,4,7,10-12,14H2,1H3,(H,20,22). The quantitative estimate of drug-likeness (QED) is 0.838. The summed E-state index contributed by atoms with van der Waals surface area (Å²) in [5, 5.41) is 5.15. The summed E-state index contributed by atoms with van der Waals surface area (Å²) in [7, 11) is 1.68. The van der Waals surface area contributed by atoms with Crippen molar-refractivity contribution in [3.63, 3.8) is 0 Å².